The number of thioether (sulfide) groups is 1. The fourth-order valence-electron chi connectivity index (χ4n) is 2.54. The zero-order valence-electron chi connectivity index (χ0n) is 15.5. The van der Waals surface area contributed by atoms with Gasteiger partial charge in [-0.3, -0.25) is 9.69 Å². The van der Waals surface area contributed by atoms with Crippen LogP contribution in [0.1, 0.15) is 5.56 Å². The number of benzene rings is 2. The summed E-state index contributed by atoms with van der Waals surface area (Å²) in [5.74, 6) is 1.00. The Bertz CT molecular complexity index is 972. The number of likely N-dealkylation sites (N-methyl/N-ethyl adjacent to an activating group) is 1. The van der Waals surface area contributed by atoms with Crippen molar-refractivity contribution in [3.63, 3.8) is 0 Å². The van der Waals surface area contributed by atoms with Crippen molar-refractivity contribution in [2.24, 2.45) is 4.99 Å². The first-order valence-corrected chi connectivity index (χ1v) is 9.66. The van der Waals surface area contributed by atoms with E-state index in [9.17, 15) is 4.79 Å². The summed E-state index contributed by atoms with van der Waals surface area (Å²) in [6.07, 6.45) is 3.43. The van der Waals surface area contributed by atoms with E-state index in [1.54, 1.807) is 44.5 Å². The van der Waals surface area contributed by atoms with Gasteiger partial charge in [-0.25, -0.2) is 4.99 Å². The lowest BCUT2D eigenvalue weighted by atomic mass is 10.1. The van der Waals surface area contributed by atoms with Crippen molar-refractivity contribution in [3.8, 4) is 11.5 Å². The molecule has 1 saturated heterocycles. The highest BCUT2D eigenvalue weighted by Crippen LogP contribution is 2.38. The van der Waals surface area contributed by atoms with Crippen LogP contribution in [-0.4, -0.2) is 36.7 Å². The van der Waals surface area contributed by atoms with Gasteiger partial charge in [0.1, 0.15) is 6.61 Å². The Morgan fingerprint density at radius 1 is 1.25 bits per heavy atom. The monoisotopic (exact) mass is 414 g/mol. The molecule has 0 aliphatic carbocycles. The van der Waals surface area contributed by atoms with E-state index < -0.39 is 0 Å². The number of para-hydroxylation sites is 2. The standard InChI is InChI=1S/C21H19ClN2O3S/c1-4-12-27-19-14(8-7-11-17(19)26-3)13-18-20(25)24(2)21(28-18)23-16-10-6-5-9-15(16)22/h4-11,13H,1,12H2,2-3H3/b18-13-,23-21?. The summed E-state index contributed by atoms with van der Waals surface area (Å²) in [5.41, 5.74) is 1.35. The Morgan fingerprint density at radius 3 is 2.75 bits per heavy atom. The molecule has 0 N–H and O–H groups in total. The Labute approximate surface area is 173 Å². The van der Waals surface area contributed by atoms with Crippen molar-refractivity contribution in [2.45, 2.75) is 0 Å². The van der Waals surface area contributed by atoms with Gasteiger partial charge in [-0.05, 0) is 36.0 Å². The Kier molecular flexibility index (Phi) is 6.44. The number of hydrogen-bond donors (Lipinski definition) is 0. The van der Waals surface area contributed by atoms with Crippen LogP contribution in [0.2, 0.25) is 5.02 Å². The van der Waals surface area contributed by atoms with Crippen LogP contribution >= 0.6 is 23.4 Å². The highest BCUT2D eigenvalue weighted by atomic mass is 35.5. The number of amidine groups is 1. The third-order valence-corrected chi connectivity index (χ3v) is 5.31. The Balaban J connectivity index is 1.97. The van der Waals surface area contributed by atoms with E-state index in [2.05, 4.69) is 11.6 Å². The number of carbonyl (C=O) groups excluding carboxylic acids is 1. The van der Waals surface area contributed by atoms with Gasteiger partial charge in [0.25, 0.3) is 5.91 Å². The largest absolute Gasteiger partial charge is 0.493 e. The number of rotatable bonds is 6. The molecule has 0 atom stereocenters. The summed E-state index contributed by atoms with van der Waals surface area (Å²) >= 11 is 7.47. The number of carbonyl (C=O) groups is 1. The number of halogens is 1. The fourth-order valence-corrected chi connectivity index (χ4v) is 3.69. The molecule has 0 bridgehead atoms. The molecule has 1 heterocycles. The topological polar surface area (TPSA) is 51.1 Å². The second-order valence-corrected chi connectivity index (χ2v) is 7.22. The summed E-state index contributed by atoms with van der Waals surface area (Å²) < 4.78 is 11.1. The maximum Gasteiger partial charge on any atom is 0.266 e. The average Bonchev–Trinajstić information content (AvgIpc) is 2.96. The molecule has 3 rings (SSSR count). The molecule has 1 aliphatic heterocycles. The molecule has 0 saturated carbocycles. The summed E-state index contributed by atoms with van der Waals surface area (Å²) in [7, 11) is 3.26. The SMILES string of the molecule is C=CCOc1c(/C=C2\SC(=Nc3ccccc3Cl)N(C)C2=O)cccc1OC. The molecule has 1 amide bonds. The highest BCUT2D eigenvalue weighted by molar-refractivity contribution is 8.18. The van der Waals surface area contributed by atoms with E-state index in [-0.39, 0.29) is 5.91 Å². The second-order valence-electron chi connectivity index (χ2n) is 5.80. The first kappa shape index (κ1) is 20.0. The minimum absolute atomic E-state index is 0.145. The predicted octanol–water partition coefficient (Wildman–Crippen LogP) is 5.15. The van der Waals surface area contributed by atoms with E-state index in [1.807, 2.05) is 24.3 Å². The van der Waals surface area contributed by atoms with Gasteiger partial charge in [0.05, 0.1) is 22.7 Å². The fraction of sp³-hybridized carbons (Fsp3) is 0.143. The number of aliphatic imine (C=N–C) groups is 1. The van der Waals surface area contributed by atoms with Crippen molar-refractivity contribution in [1.29, 1.82) is 0 Å². The number of methoxy groups -OCH3 is 1. The van der Waals surface area contributed by atoms with E-state index in [4.69, 9.17) is 21.1 Å². The normalized spacial score (nSPS) is 16.7. The summed E-state index contributed by atoms with van der Waals surface area (Å²) in [6, 6.07) is 12.8. The van der Waals surface area contributed by atoms with Crippen LogP contribution in [0.25, 0.3) is 6.08 Å². The van der Waals surface area contributed by atoms with Gasteiger partial charge >= 0.3 is 0 Å². The van der Waals surface area contributed by atoms with Crippen molar-refractivity contribution in [2.75, 3.05) is 20.8 Å². The number of nitrogens with zero attached hydrogens (tertiary/aromatic N) is 2. The van der Waals surface area contributed by atoms with E-state index in [1.165, 1.54) is 16.7 Å². The number of hydrogen-bond acceptors (Lipinski definition) is 5. The minimum Gasteiger partial charge on any atom is -0.493 e. The van der Waals surface area contributed by atoms with Crippen LogP contribution in [0.3, 0.4) is 0 Å². The van der Waals surface area contributed by atoms with Crippen LogP contribution < -0.4 is 9.47 Å². The van der Waals surface area contributed by atoms with Gasteiger partial charge in [-0.15, -0.1) is 0 Å². The van der Waals surface area contributed by atoms with E-state index in [0.717, 1.165) is 5.56 Å². The lowest BCUT2D eigenvalue weighted by Gasteiger charge is -2.12. The van der Waals surface area contributed by atoms with Gasteiger partial charge in [0.15, 0.2) is 16.7 Å². The third-order valence-electron chi connectivity index (χ3n) is 3.93. The molecule has 1 aliphatic rings. The van der Waals surface area contributed by atoms with Crippen LogP contribution in [0.15, 0.2) is 65.0 Å². The minimum atomic E-state index is -0.145. The lowest BCUT2D eigenvalue weighted by molar-refractivity contribution is -0.121. The molecule has 2 aromatic rings. The maximum absolute atomic E-state index is 12.7. The smallest absolute Gasteiger partial charge is 0.266 e. The first-order chi connectivity index (χ1) is 13.5. The predicted molar refractivity (Wildman–Crippen MR) is 116 cm³/mol. The molecule has 0 unspecified atom stereocenters. The van der Waals surface area contributed by atoms with Crippen molar-refractivity contribution in [3.05, 3.63) is 70.6 Å². The molecular weight excluding hydrogens is 396 g/mol. The van der Waals surface area contributed by atoms with Crippen molar-refractivity contribution in [1.82, 2.24) is 4.90 Å². The lowest BCUT2D eigenvalue weighted by Crippen LogP contribution is -2.23. The third kappa shape index (κ3) is 4.24. The van der Waals surface area contributed by atoms with Gasteiger partial charge in [0, 0.05) is 12.6 Å². The maximum atomic E-state index is 12.7. The molecule has 2 aromatic carbocycles. The van der Waals surface area contributed by atoms with Crippen LogP contribution in [0.5, 0.6) is 11.5 Å². The quantitative estimate of drug-likeness (QED) is 0.484. The molecule has 7 heteroatoms. The van der Waals surface area contributed by atoms with Gasteiger partial charge in [0.2, 0.25) is 0 Å². The van der Waals surface area contributed by atoms with Gasteiger partial charge in [-0.1, -0.05) is 48.5 Å². The highest BCUT2D eigenvalue weighted by Gasteiger charge is 2.31. The van der Waals surface area contributed by atoms with Gasteiger partial charge < -0.3 is 9.47 Å². The second kappa shape index (κ2) is 8.99. The first-order valence-electron chi connectivity index (χ1n) is 8.46. The van der Waals surface area contributed by atoms with Crippen molar-refractivity contribution >= 4 is 46.2 Å². The van der Waals surface area contributed by atoms with Gasteiger partial charge in [-0.2, -0.15) is 0 Å². The molecule has 0 aromatic heterocycles. The van der Waals surface area contributed by atoms with Crippen LogP contribution in [0.4, 0.5) is 5.69 Å². The van der Waals surface area contributed by atoms with E-state index >= 15 is 0 Å². The Morgan fingerprint density at radius 2 is 2.04 bits per heavy atom. The molecule has 28 heavy (non-hydrogen) atoms. The van der Waals surface area contributed by atoms with E-state index in [0.29, 0.717) is 38.9 Å². The zero-order chi connectivity index (χ0) is 20.1. The number of ether oxygens (including phenoxy) is 2. The summed E-state index contributed by atoms with van der Waals surface area (Å²) in [6.45, 7) is 4.00. The summed E-state index contributed by atoms with van der Waals surface area (Å²) in [4.78, 5) is 19.3. The molecule has 144 valence electrons. The van der Waals surface area contributed by atoms with Crippen molar-refractivity contribution < 1.29 is 14.3 Å². The molecule has 0 radical (unpaired) electrons. The summed E-state index contributed by atoms with van der Waals surface area (Å²) in [5, 5.41) is 1.09. The molecule has 1 fully saturated rings. The molecule has 0 spiro atoms. The Hall–Kier alpha value is -2.70. The van der Waals surface area contributed by atoms with Crippen LogP contribution in [0, 0.1) is 0 Å². The average molecular weight is 415 g/mol. The number of amides is 1. The molecular formula is C21H19ClN2O3S. The molecule has 5 nitrogen and oxygen atoms in total. The zero-order valence-corrected chi connectivity index (χ0v) is 17.1. The van der Waals surface area contributed by atoms with Crippen LogP contribution in [-0.2, 0) is 4.79 Å².